The lowest BCUT2D eigenvalue weighted by molar-refractivity contribution is -0.148. The molecule has 0 bridgehead atoms. The summed E-state index contributed by atoms with van der Waals surface area (Å²) in [6.45, 7) is 7.00. The van der Waals surface area contributed by atoms with E-state index < -0.39 is 0 Å². The Morgan fingerprint density at radius 2 is 1.89 bits per heavy atom. The zero-order valence-electron chi connectivity index (χ0n) is 11.4. The van der Waals surface area contributed by atoms with Crippen molar-refractivity contribution in [2.75, 3.05) is 13.2 Å². The molecule has 0 fully saturated rings. The fourth-order valence-electron chi connectivity index (χ4n) is 1.85. The highest BCUT2D eigenvalue weighted by Gasteiger charge is 2.22. The van der Waals surface area contributed by atoms with Gasteiger partial charge in [0.05, 0.1) is 21.9 Å². The summed E-state index contributed by atoms with van der Waals surface area (Å²) in [5, 5.41) is 4.35. The molecule has 1 heterocycles. The molecule has 0 saturated carbocycles. The first-order chi connectivity index (χ1) is 8.51. The van der Waals surface area contributed by atoms with Gasteiger partial charge in [-0.1, -0.05) is 0 Å². The van der Waals surface area contributed by atoms with Crippen molar-refractivity contribution in [3.8, 4) is 0 Å². The zero-order chi connectivity index (χ0) is 13.7. The average Bonchev–Trinajstić information content (AvgIpc) is 2.55. The molecule has 1 aromatic rings. The lowest BCUT2D eigenvalue weighted by atomic mass is 10.1. The van der Waals surface area contributed by atoms with Crippen LogP contribution in [0, 0.1) is 6.92 Å². The SMILES string of the molecule is CCOC(OCC)C(N)Cc1c(Br)c(C)nn1C. The minimum atomic E-state index is -0.373. The first-order valence-electron chi connectivity index (χ1n) is 6.17. The second-order valence-electron chi connectivity index (χ2n) is 4.12. The van der Waals surface area contributed by atoms with E-state index in [0.717, 1.165) is 15.9 Å². The predicted molar refractivity (Wildman–Crippen MR) is 74.4 cm³/mol. The third kappa shape index (κ3) is 3.78. The molecule has 0 aliphatic carbocycles. The fraction of sp³-hybridized carbons (Fsp3) is 0.750. The topological polar surface area (TPSA) is 62.3 Å². The van der Waals surface area contributed by atoms with E-state index in [1.54, 1.807) is 0 Å². The monoisotopic (exact) mass is 319 g/mol. The number of hydrogen-bond donors (Lipinski definition) is 1. The number of rotatable bonds is 7. The van der Waals surface area contributed by atoms with Crippen molar-refractivity contribution < 1.29 is 9.47 Å². The van der Waals surface area contributed by atoms with E-state index in [1.807, 2.05) is 32.5 Å². The Balaban J connectivity index is 2.75. The van der Waals surface area contributed by atoms with Crippen molar-refractivity contribution >= 4 is 15.9 Å². The van der Waals surface area contributed by atoms with Gasteiger partial charge in [-0.25, -0.2) is 0 Å². The van der Waals surface area contributed by atoms with Crippen LogP contribution < -0.4 is 5.73 Å². The third-order valence-electron chi connectivity index (χ3n) is 2.70. The molecule has 0 amide bonds. The second kappa shape index (κ2) is 7.23. The highest BCUT2D eigenvalue weighted by molar-refractivity contribution is 9.10. The van der Waals surface area contributed by atoms with Crippen LogP contribution in [0.1, 0.15) is 25.2 Å². The van der Waals surface area contributed by atoms with Gasteiger partial charge in [-0.3, -0.25) is 4.68 Å². The number of nitrogens with two attached hydrogens (primary N) is 1. The summed E-state index contributed by atoms with van der Waals surface area (Å²) in [6.07, 6.45) is 0.282. The van der Waals surface area contributed by atoms with E-state index in [2.05, 4.69) is 21.0 Å². The average molecular weight is 320 g/mol. The van der Waals surface area contributed by atoms with Crippen LogP contribution in [-0.2, 0) is 22.9 Å². The van der Waals surface area contributed by atoms with Gasteiger partial charge in [0.25, 0.3) is 0 Å². The normalized spacial score (nSPS) is 13.3. The largest absolute Gasteiger partial charge is 0.351 e. The number of hydrogen-bond acceptors (Lipinski definition) is 4. The van der Waals surface area contributed by atoms with Crippen LogP contribution in [0.15, 0.2) is 4.47 Å². The van der Waals surface area contributed by atoms with Gasteiger partial charge in [0.15, 0.2) is 6.29 Å². The van der Waals surface area contributed by atoms with Gasteiger partial charge in [-0.15, -0.1) is 0 Å². The molecular weight excluding hydrogens is 298 g/mol. The molecule has 1 aromatic heterocycles. The molecule has 2 N–H and O–H groups in total. The van der Waals surface area contributed by atoms with Gasteiger partial charge in [0.2, 0.25) is 0 Å². The zero-order valence-corrected chi connectivity index (χ0v) is 13.0. The van der Waals surface area contributed by atoms with Crippen LogP contribution in [0.25, 0.3) is 0 Å². The molecule has 0 saturated heterocycles. The quantitative estimate of drug-likeness (QED) is 0.778. The van der Waals surface area contributed by atoms with E-state index in [-0.39, 0.29) is 12.3 Å². The molecular formula is C12H22BrN3O2. The summed E-state index contributed by atoms with van der Waals surface area (Å²) in [6, 6.07) is -0.212. The van der Waals surface area contributed by atoms with Crippen LogP contribution in [0.5, 0.6) is 0 Å². The van der Waals surface area contributed by atoms with E-state index in [4.69, 9.17) is 15.2 Å². The van der Waals surface area contributed by atoms with Crippen LogP contribution in [0.4, 0.5) is 0 Å². The first-order valence-corrected chi connectivity index (χ1v) is 6.97. The maximum Gasteiger partial charge on any atom is 0.172 e. The third-order valence-corrected chi connectivity index (χ3v) is 3.73. The molecule has 18 heavy (non-hydrogen) atoms. The highest BCUT2D eigenvalue weighted by Crippen LogP contribution is 2.22. The Morgan fingerprint density at radius 3 is 2.28 bits per heavy atom. The highest BCUT2D eigenvalue weighted by atomic mass is 79.9. The van der Waals surface area contributed by atoms with Crippen molar-refractivity contribution in [1.29, 1.82) is 0 Å². The summed E-state index contributed by atoms with van der Waals surface area (Å²) < 4.78 is 13.9. The number of halogens is 1. The number of ether oxygens (including phenoxy) is 2. The molecule has 1 unspecified atom stereocenters. The van der Waals surface area contributed by atoms with Gasteiger partial charge in [-0.2, -0.15) is 5.10 Å². The van der Waals surface area contributed by atoms with E-state index >= 15 is 0 Å². The molecule has 0 aromatic carbocycles. The van der Waals surface area contributed by atoms with Crippen LogP contribution in [0.3, 0.4) is 0 Å². The van der Waals surface area contributed by atoms with E-state index in [0.29, 0.717) is 19.6 Å². The Hall–Kier alpha value is -0.430. The smallest absolute Gasteiger partial charge is 0.172 e. The molecule has 0 aliphatic heterocycles. The Bertz CT molecular complexity index is 376. The number of nitrogens with zero attached hydrogens (tertiary/aromatic N) is 2. The van der Waals surface area contributed by atoms with Gasteiger partial charge in [-0.05, 0) is 36.7 Å². The van der Waals surface area contributed by atoms with Gasteiger partial charge < -0.3 is 15.2 Å². The van der Waals surface area contributed by atoms with Gasteiger partial charge >= 0.3 is 0 Å². The van der Waals surface area contributed by atoms with Crippen molar-refractivity contribution in [1.82, 2.24) is 9.78 Å². The minimum Gasteiger partial charge on any atom is -0.351 e. The van der Waals surface area contributed by atoms with Crippen LogP contribution in [0.2, 0.25) is 0 Å². The van der Waals surface area contributed by atoms with E-state index in [1.165, 1.54) is 0 Å². The Labute approximate surface area is 117 Å². The number of aryl methyl sites for hydroxylation is 2. The van der Waals surface area contributed by atoms with Crippen molar-refractivity contribution in [3.63, 3.8) is 0 Å². The molecule has 5 nitrogen and oxygen atoms in total. The second-order valence-corrected chi connectivity index (χ2v) is 4.91. The van der Waals surface area contributed by atoms with Gasteiger partial charge in [0.1, 0.15) is 0 Å². The lowest BCUT2D eigenvalue weighted by Gasteiger charge is -2.23. The summed E-state index contributed by atoms with van der Waals surface area (Å²) >= 11 is 3.54. The van der Waals surface area contributed by atoms with E-state index in [9.17, 15) is 0 Å². The summed E-state index contributed by atoms with van der Waals surface area (Å²) in [5.41, 5.74) is 8.18. The summed E-state index contributed by atoms with van der Waals surface area (Å²) in [4.78, 5) is 0. The predicted octanol–water partition coefficient (Wildman–Crippen LogP) is 1.76. The molecule has 6 heteroatoms. The van der Waals surface area contributed by atoms with Crippen molar-refractivity contribution in [2.45, 2.75) is 39.5 Å². The lowest BCUT2D eigenvalue weighted by Crippen LogP contribution is -2.41. The summed E-state index contributed by atoms with van der Waals surface area (Å²) in [5.74, 6) is 0. The minimum absolute atomic E-state index is 0.212. The molecule has 104 valence electrons. The number of aromatic nitrogens is 2. The van der Waals surface area contributed by atoms with Crippen molar-refractivity contribution in [3.05, 3.63) is 15.9 Å². The first kappa shape index (κ1) is 15.6. The maximum absolute atomic E-state index is 6.16. The fourth-order valence-corrected chi connectivity index (χ4v) is 2.34. The Morgan fingerprint density at radius 1 is 1.33 bits per heavy atom. The van der Waals surface area contributed by atoms with Crippen LogP contribution >= 0.6 is 15.9 Å². The molecule has 1 atom stereocenters. The molecule has 0 aliphatic rings. The van der Waals surface area contributed by atoms with Crippen LogP contribution in [-0.4, -0.2) is 35.3 Å². The van der Waals surface area contributed by atoms with Crippen molar-refractivity contribution in [2.24, 2.45) is 12.8 Å². The molecule has 0 radical (unpaired) electrons. The molecule has 0 spiro atoms. The maximum atomic E-state index is 6.16. The summed E-state index contributed by atoms with van der Waals surface area (Å²) in [7, 11) is 1.91. The van der Waals surface area contributed by atoms with Gasteiger partial charge in [0, 0.05) is 26.7 Å². The molecule has 1 rings (SSSR count). The Kier molecular flexibility index (Phi) is 6.28. The standard InChI is InChI=1S/C12H22BrN3O2/c1-5-17-12(18-6-2)9(14)7-10-11(13)8(3)15-16(10)4/h9,12H,5-7,14H2,1-4H3.